The number of pyridine rings is 1. The Morgan fingerprint density at radius 3 is 2.46 bits per heavy atom. The summed E-state index contributed by atoms with van der Waals surface area (Å²) in [6, 6.07) is 10.7. The number of aromatic nitrogens is 1. The SMILES string of the molecule is C[C@H]1C[C@H](C)CN(C(=O)c2cc(N(C)C3CCCCC3)nc3ccccc23)C1. The van der Waals surface area contributed by atoms with Crippen molar-refractivity contribution >= 4 is 22.6 Å². The number of nitrogens with zero attached hydrogens (tertiary/aromatic N) is 3. The standard InChI is InChI=1S/C24H33N3O/c1-17-13-18(2)16-27(15-17)24(28)21-14-23(25-22-12-8-7-11-20(21)22)26(3)19-9-5-4-6-10-19/h7-8,11-12,14,17-19H,4-6,9-10,13,15-16H2,1-3H3/t17-,18-/m0/s1. The first-order valence-electron chi connectivity index (χ1n) is 10.9. The van der Waals surface area contributed by atoms with Crippen LogP contribution in [0, 0.1) is 11.8 Å². The molecule has 1 saturated carbocycles. The molecule has 28 heavy (non-hydrogen) atoms. The Labute approximate surface area is 168 Å². The van der Waals surface area contributed by atoms with E-state index < -0.39 is 0 Å². The molecule has 0 unspecified atom stereocenters. The van der Waals surface area contributed by atoms with Gasteiger partial charge in [-0.2, -0.15) is 0 Å². The minimum atomic E-state index is 0.162. The van der Waals surface area contributed by atoms with Crippen molar-refractivity contribution in [1.29, 1.82) is 0 Å². The highest BCUT2D eigenvalue weighted by Crippen LogP contribution is 2.30. The van der Waals surface area contributed by atoms with Crippen molar-refractivity contribution in [3.63, 3.8) is 0 Å². The molecule has 0 spiro atoms. The van der Waals surface area contributed by atoms with E-state index in [0.717, 1.165) is 35.4 Å². The van der Waals surface area contributed by atoms with E-state index in [0.29, 0.717) is 17.9 Å². The molecule has 2 fully saturated rings. The molecule has 150 valence electrons. The van der Waals surface area contributed by atoms with Gasteiger partial charge in [0.2, 0.25) is 0 Å². The van der Waals surface area contributed by atoms with Gasteiger partial charge in [0.25, 0.3) is 5.91 Å². The number of para-hydroxylation sites is 1. The lowest BCUT2D eigenvalue weighted by molar-refractivity contribution is 0.0625. The molecule has 2 aromatic rings. The van der Waals surface area contributed by atoms with Gasteiger partial charge in [-0.25, -0.2) is 4.98 Å². The normalized spacial score (nSPS) is 23.8. The highest BCUT2D eigenvalue weighted by Gasteiger charge is 2.28. The molecule has 2 aliphatic rings. The van der Waals surface area contributed by atoms with Crippen molar-refractivity contribution in [2.24, 2.45) is 11.8 Å². The first-order valence-corrected chi connectivity index (χ1v) is 10.9. The fraction of sp³-hybridized carbons (Fsp3) is 0.583. The van der Waals surface area contributed by atoms with Gasteiger partial charge in [0.15, 0.2) is 0 Å². The van der Waals surface area contributed by atoms with E-state index in [4.69, 9.17) is 4.98 Å². The van der Waals surface area contributed by atoms with E-state index in [1.807, 2.05) is 30.3 Å². The van der Waals surface area contributed by atoms with Crippen molar-refractivity contribution < 1.29 is 4.79 Å². The van der Waals surface area contributed by atoms with E-state index in [2.05, 4.69) is 30.7 Å². The number of fused-ring (bicyclic) bond motifs is 1. The third-order valence-electron chi connectivity index (χ3n) is 6.57. The molecule has 1 aliphatic carbocycles. The van der Waals surface area contributed by atoms with Crippen LogP contribution in [-0.2, 0) is 0 Å². The van der Waals surface area contributed by atoms with Crippen LogP contribution in [0.15, 0.2) is 30.3 Å². The van der Waals surface area contributed by atoms with Crippen LogP contribution in [0.2, 0.25) is 0 Å². The maximum absolute atomic E-state index is 13.5. The molecule has 1 aromatic heterocycles. The molecule has 4 nitrogen and oxygen atoms in total. The van der Waals surface area contributed by atoms with Crippen LogP contribution in [0.5, 0.6) is 0 Å². The lowest BCUT2D eigenvalue weighted by Gasteiger charge is -2.36. The molecule has 2 heterocycles. The monoisotopic (exact) mass is 379 g/mol. The molecular formula is C24H33N3O. The predicted molar refractivity (Wildman–Crippen MR) is 116 cm³/mol. The second-order valence-corrected chi connectivity index (χ2v) is 9.10. The summed E-state index contributed by atoms with van der Waals surface area (Å²) in [5.41, 5.74) is 1.73. The second kappa shape index (κ2) is 8.10. The van der Waals surface area contributed by atoms with Crippen LogP contribution in [0.3, 0.4) is 0 Å². The number of rotatable bonds is 3. The molecule has 2 atom stereocenters. The molecule has 1 saturated heterocycles. The summed E-state index contributed by atoms with van der Waals surface area (Å²) in [7, 11) is 2.15. The summed E-state index contributed by atoms with van der Waals surface area (Å²) < 4.78 is 0. The zero-order chi connectivity index (χ0) is 19.7. The van der Waals surface area contributed by atoms with Gasteiger partial charge in [0.1, 0.15) is 5.82 Å². The van der Waals surface area contributed by atoms with E-state index in [1.54, 1.807) is 0 Å². The quantitative estimate of drug-likeness (QED) is 0.742. The Morgan fingerprint density at radius 1 is 1.07 bits per heavy atom. The average molecular weight is 380 g/mol. The van der Waals surface area contributed by atoms with Crippen LogP contribution in [-0.4, -0.2) is 42.0 Å². The average Bonchev–Trinajstić information content (AvgIpc) is 2.71. The van der Waals surface area contributed by atoms with Gasteiger partial charge in [-0.1, -0.05) is 51.3 Å². The highest BCUT2D eigenvalue weighted by atomic mass is 16.2. The van der Waals surface area contributed by atoms with Crippen LogP contribution >= 0.6 is 0 Å². The number of piperidine rings is 1. The van der Waals surface area contributed by atoms with Crippen molar-refractivity contribution in [3.05, 3.63) is 35.9 Å². The van der Waals surface area contributed by atoms with Gasteiger partial charge in [0, 0.05) is 31.6 Å². The number of hydrogen-bond donors (Lipinski definition) is 0. The maximum atomic E-state index is 13.5. The fourth-order valence-electron chi connectivity index (χ4n) is 5.17. The molecule has 0 N–H and O–H groups in total. The lowest BCUT2D eigenvalue weighted by atomic mass is 9.91. The van der Waals surface area contributed by atoms with E-state index in [9.17, 15) is 4.79 Å². The number of amides is 1. The third-order valence-corrected chi connectivity index (χ3v) is 6.57. The number of anilines is 1. The molecule has 4 rings (SSSR count). The Balaban J connectivity index is 1.71. The van der Waals surface area contributed by atoms with Gasteiger partial charge in [0.05, 0.1) is 11.1 Å². The van der Waals surface area contributed by atoms with Gasteiger partial charge in [-0.3, -0.25) is 4.79 Å². The number of carbonyl (C=O) groups excluding carboxylic acids is 1. The van der Waals surface area contributed by atoms with Crippen molar-refractivity contribution in [1.82, 2.24) is 9.88 Å². The first kappa shape index (κ1) is 19.2. The predicted octanol–water partition coefficient (Wildman–Crippen LogP) is 5.12. The zero-order valence-corrected chi connectivity index (χ0v) is 17.5. The van der Waals surface area contributed by atoms with Crippen molar-refractivity contribution in [2.75, 3.05) is 25.0 Å². The van der Waals surface area contributed by atoms with Gasteiger partial charge < -0.3 is 9.80 Å². The van der Waals surface area contributed by atoms with E-state index in [-0.39, 0.29) is 5.91 Å². The van der Waals surface area contributed by atoms with Crippen LogP contribution < -0.4 is 4.90 Å². The number of likely N-dealkylation sites (tertiary alicyclic amines) is 1. The summed E-state index contributed by atoms with van der Waals surface area (Å²) in [5.74, 6) is 2.22. The first-order chi connectivity index (χ1) is 13.5. The smallest absolute Gasteiger partial charge is 0.254 e. The fourth-order valence-corrected chi connectivity index (χ4v) is 5.17. The number of benzene rings is 1. The number of hydrogen-bond acceptors (Lipinski definition) is 3. The summed E-state index contributed by atoms with van der Waals surface area (Å²) in [5, 5.41) is 0.971. The maximum Gasteiger partial charge on any atom is 0.254 e. The lowest BCUT2D eigenvalue weighted by Crippen LogP contribution is -2.42. The van der Waals surface area contributed by atoms with Gasteiger partial charge >= 0.3 is 0 Å². The molecular weight excluding hydrogens is 346 g/mol. The van der Waals surface area contributed by atoms with Crippen molar-refractivity contribution in [3.8, 4) is 0 Å². The largest absolute Gasteiger partial charge is 0.357 e. The summed E-state index contributed by atoms with van der Waals surface area (Å²) >= 11 is 0. The summed E-state index contributed by atoms with van der Waals surface area (Å²) in [6.45, 7) is 6.22. The Hall–Kier alpha value is -2.10. The zero-order valence-electron chi connectivity index (χ0n) is 17.5. The van der Waals surface area contributed by atoms with Gasteiger partial charge in [-0.15, -0.1) is 0 Å². The van der Waals surface area contributed by atoms with E-state index in [1.165, 1.54) is 38.5 Å². The van der Waals surface area contributed by atoms with Gasteiger partial charge in [-0.05, 0) is 43.2 Å². The topological polar surface area (TPSA) is 36.4 Å². The molecule has 1 aliphatic heterocycles. The number of carbonyl (C=O) groups is 1. The Kier molecular flexibility index (Phi) is 5.56. The minimum absolute atomic E-state index is 0.162. The molecule has 0 bridgehead atoms. The van der Waals surface area contributed by atoms with Crippen molar-refractivity contribution in [2.45, 2.75) is 58.4 Å². The second-order valence-electron chi connectivity index (χ2n) is 9.10. The molecule has 1 aromatic carbocycles. The molecule has 1 amide bonds. The Morgan fingerprint density at radius 2 is 1.75 bits per heavy atom. The van der Waals surface area contributed by atoms with Crippen LogP contribution in [0.1, 0.15) is 62.7 Å². The third kappa shape index (κ3) is 3.87. The van der Waals surface area contributed by atoms with E-state index >= 15 is 0 Å². The van der Waals surface area contributed by atoms with Crippen LogP contribution in [0.25, 0.3) is 10.9 Å². The Bertz CT molecular complexity index is 833. The molecule has 0 radical (unpaired) electrons. The molecule has 4 heteroatoms. The highest BCUT2D eigenvalue weighted by molar-refractivity contribution is 6.07. The summed E-state index contributed by atoms with van der Waals surface area (Å²) in [4.78, 5) is 22.8. The summed E-state index contributed by atoms with van der Waals surface area (Å²) in [6.07, 6.45) is 7.56. The minimum Gasteiger partial charge on any atom is -0.357 e. The van der Waals surface area contributed by atoms with Crippen LogP contribution in [0.4, 0.5) is 5.82 Å².